The first-order chi connectivity index (χ1) is 9.16. The second-order valence-corrected chi connectivity index (χ2v) is 5.63. The summed E-state index contributed by atoms with van der Waals surface area (Å²) in [4.78, 5) is 0.382. The molecule has 3 N–H and O–H groups in total. The molecule has 0 saturated carbocycles. The quantitative estimate of drug-likeness (QED) is 0.819. The number of benzene rings is 1. The zero-order valence-electron chi connectivity index (χ0n) is 10.8. The fourth-order valence-electron chi connectivity index (χ4n) is 2.28. The van der Waals surface area contributed by atoms with Gasteiger partial charge in [-0.3, -0.25) is 0 Å². The standard InChI is InChI=1S/C14H19ClN2OS/c15-10-4-5-12(14(16)19)13(9-10)17-7-6-11-3-1-2-8-18-11/h4-5,9,11,17H,1-3,6-8H2,(H2,16,19). The van der Waals surface area contributed by atoms with Crippen molar-refractivity contribution in [3.63, 3.8) is 0 Å². The van der Waals surface area contributed by atoms with Crippen LogP contribution in [0.4, 0.5) is 5.69 Å². The molecule has 0 spiro atoms. The van der Waals surface area contributed by atoms with Crippen LogP contribution in [0.25, 0.3) is 0 Å². The van der Waals surface area contributed by atoms with E-state index in [9.17, 15) is 0 Å². The summed E-state index contributed by atoms with van der Waals surface area (Å²) < 4.78 is 5.70. The summed E-state index contributed by atoms with van der Waals surface area (Å²) >= 11 is 11.0. The first-order valence-corrected chi connectivity index (χ1v) is 7.40. The molecule has 0 aromatic heterocycles. The van der Waals surface area contributed by atoms with E-state index < -0.39 is 0 Å². The molecule has 5 heteroatoms. The summed E-state index contributed by atoms with van der Waals surface area (Å²) in [5.74, 6) is 0. The van der Waals surface area contributed by atoms with Crippen LogP contribution in [-0.2, 0) is 4.74 Å². The molecule has 1 fully saturated rings. The van der Waals surface area contributed by atoms with Gasteiger partial charge in [0.1, 0.15) is 4.99 Å². The lowest BCUT2D eigenvalue weighted by Gasteiger charge is -2.23. The van der Waals surface area contributed by atoms with Gasteiger partial charge in [0.15, 0.2) is 0 Å². The van der Waals surface area contributed by atoms with Crippen molar-refractivity contribution in [1.29, 1.82) is 0 Å². The smallest absolute Gasteiger partial charge is 0.106 e. The molecule has 1 unspecified atom stereocenters. The van der Waals surface area contributed by atoms with Crippen LogP contribution >= 0.6 is 23.8 Å². The van der Waals surface area contributed by atoms with Gasteiger partial charge >= 0.3 is 0 Å². The zero-order valence-corrected chi connectivity index (χ0v) is 12.4. The molecule has 0 amide bonds. The maximum absolute atomic E-state index is 6.00. The molecule has 3 nitrogen and oxygen atoms in total. The Kier molecular flexibility index (Phi) is 5.43. The maximum atomic E-state index is 6.00. The number of halogens is 1. The number of nitrogens with one attached hydrogen (secondary N) is 1. The number of hydrogen-bond donors (Lipinski definition) is 2. The van der Waals surface area contributed by atoms with Gasteiger partial charge < -0.3 is 15.8 Å². The van der Waals surface area contributed by atoms with Gasteiger partial charge in [-0.2, -0.15) is 0 Å². The largest absolute Gasteiger partial charge is 0.389 e. The second-order valence-electron chi connectivity index (χ2n) is 4.76. The van der Waals surface area contributed by atoms with Gasteiger partial charge in [0, 0.05) is 29.4 Å². The van der Waals surface area contributed by atoms with Gasteiger partial charge in [0.05, 0.1) is 6.10 Å². The van der Waals surface area contributed by atoms with Crippen LogP contribution in [0.5, 0.6) is 0 Å². The summed E-state index contributed by atoms with van der Waals surface area (Å²) in [6.45, 7) is 1.72. The molecule has 1 aliphatic rings. The van der Waals surface area contributed by atoms with Crippen LogP contribution in [0.3, 0.4) is 0 Å². The molecule has 1 aromatic rings. The molecule has 1 saturated heterocycles. The minimum absolute atomic E-state index is 0.369. The molecule has 1 atom stereocenters. The summed E-state index contributed by atoms with van der Waals surface area (Å²) in [5, 5.41) is 4.03. The minimum Gasteiger partial charge on any atom is -0.389 e. The minimum atomic E-state index is 0.369. The summed E-state index contributed by atoms with van der Waals surface area (Å²) in [5.41, 5.74) is 7.44. The van der Waals surface area contributed by atoms with E-state index in [1.54, 1.807) is 6.07 Å². The Morgan fingerprint density at radius 1 is 1.47 bits per heavy atom. The highest BCUT2D eigenvalue weighted by molar-refractivity contribution is 7.80. The average Bonchev–Trinajstić information content (AvgIpc) is 2.39. The fraction of sp³-hybridized carbons (Fsp3) is 0.500. The van der Waals surface area contributed by atoms with Crippen molar-refractivity contribution in [3.05, 3.63) is 28.8 Å². The highest BCUT2D eigenvalue weighted by atomic mass is 35.5. The third-order valence-corrected chi connectivity index (χ3v) is 3.76. The lowest BCUT2D eigenvalue weighted by Crippen LogP contribution is -2.22. The number of hydrogen-bond acceptors (Lipinski definition) is 3. The predicted octanol–water partition coefficient (Wildman–Crippen LogP) is 3.35. The van der Waals surface area contributed by atoms with E-state index in [2.05, 4.69) is 5.32 Å². The normalized spacial score (nSPS) is 19.1. The van der Waals surface area contributed by atoms with Crippen LogP contribution in [0.15, 0.2) is 18.2 Å². The lowest BCUT2D eigenvalue weighted by molar-refractivity contribution is 0.0134. The van der Waals surface area contributed by atoms with Crippen molar-refractivity contribution in [1.82, 2.24) is 0 Å². The molecule has 0 radical (unpaired) electrons. The second kappa shape index (κ2) is 7.08. The van der Waals surface area contributed by atoms with E-state index >= 15 is 0 Å². The van der Waals surface area contributed by atoms with E-state index in [1.807, 2.05) is 12.1 Å². The van der Waals surface area contributed by atoms with Crippen molar-refractivity contribution in [2.75, 3.05) is 18.5 Å². The van der Waals surface area contributed by atoms with E-state index in [1.165, 1.54) is 12.8 Å². The third-order valence-electron chi connectivity index (χ3n) is 3.30. The van der Waals surface area contributed by atoms with Crippen LogP contribution in [0.2, 0.25) is 5.02 Å². The molecule has 2 rings (SSSR count). The number of thiocarbonyl (C=S) groups is 1. The SMILES string of the molecule is NC(=S)c1ccc(Cl)cc1NCCC1CCCCO1. The molecular formula is C14H19ClN2OS. The van der Waals surface area contributed by atoms with Crippen LogP contribution in [0, 0.1) is 0 Å². The topological polar surface area (TPSA) is 47.3 Å². The molecule has 1 aliphatic heterocycles. The van der Waals surface area contributed by atoms with Crippen LogP contribution in [0.1, 0.15) is 31.2 Å². The summed E-state index contributed by atoms with van der Waals surface area (Å²) in [7, 11) is 0. The van der Waals surface area contributed by atoms with Gasteiger partial charge in [-0.05, 0) is 43.9 Å². The Balaban J connectivity index is 1.91. The van der Waals surface area contributed by atoms with E-state index in [4.69, 9.17) is 34.3 Å². The molecule has 104 valence electrons. The Labute approximate surface area is 124 Å². The van der Waals surface area contributed by atoms with Crippen molar-refractivity contribution >= 4 is 34.5 Å². The Morgan fingerprint density at radius 2 is 2.32 bits per heavy atom. The molecular weight excluding hydrogens is 280 g/mol. The number of rotatable bonds is 5. The predicted molar refractivity (Wildman–Crippen MR) is 84.0 cm³/mol. The van der Waals surface area contributed by atoms with E-state index in [0.717, 1.165) is 37.2 Å². The highest BCUT2D eigenvalue weighted by Crippen LogP contribution is 2.22. The van der Waals surface area contributed by atoms with Gasteiger partial charge in [0.2, 0.25) is 0 Å². The molecule has 0 bridgehead atoms. The van der Waals surface area contributed by atoms with E-state index in [0.29, 0.717) is 16.1 Å². The van der Waals surface area contributed by atoms with Crippen molar-refractivity contribution in [2.24, 2.45) is 5.73 Å². The van der Waals surface area contributed by atoms with Crippen LogP contribution < -0.4 is 11.1 Å². The van der Waals surface area contributed by atoms with Gasteiger partial charge in [-0.1, -0.05) is 23.8 Å². The Hall–Kier alpha value is -0.840. The molecule has 1 aromatic carbocycles. The Morgan fingerprint density at radius 3 is 3.00 bits per heavy atom. The fourth-order valence-corrected chi connectivity index (χ4v) is 2.63. The van der Waals surface area contributed by atoms with Gasteiger partial charge in [-0.15, -0.1) is 0 Å². The molecule has 0 aliphatic carbocycles. The van der Waals surface area contributed by atoms with E-state index in [-0.39, 0.29) is 0 Å². The monoisotopic (exact) mass is 298 g/mol. The first-order valence-electron chi connectivity index (χ1n) is 6.61. The van der Waals surface area contributed by atoms with Gasteiger partial charge in [-0.25, -0.2) is 0 Å². The number of anilines is 1. The van der Waals surface area contributed by atoms with Crippen molar-refractivity contribution in [2.45, 2.75) is 31.8 Å². The average molecular weight is 299 g/mol. The molecule has 1 heterocycles. The first kappa shape index (κ1) is 14.6. The van der Waals surface area contributed by atoms with Crippen molar-refractivity contribution in [3.8, 4) is 0 Å². The number of nitrogens with two attached hydrogens (primary N) is 1. The lowest BCUT2D eigenvalue weighted by atomic mass is 10.1. The Bertz CT molecular complexity index is 447. The summed E-state index contributed by atoms with van der Waals surface area (Å²) in [6, 6.07) is 5.51. The molecule has 19 heavy (non-hydrogen) atoms. The van der Waals surface area contributed by atoms with Crippen LogP contribution in [-0.4, -0.2) is 24.2 Å². The zero-order chi connectivity index (χ0) is 13.7. The number of ether oxygens (including phenoxy) is 1. The van der Waals surface area contributed by atoms with Gasteiger partial charge in [0.25, 0.3) is 0 Å². The van der Waals surface area contributed by atoms with Crippen molar-refractivity contribution < 1.29 is 4.74 Å². The maximum Gasteiger partial charge on any atom is 0.106 e. The third kappa shape index (κ3) is 4.34. The highest BCUT2D eigenvalue weighted by Gasteiger charge is 2.13. The summed E-state index contributed by atoms with van der Waals surface area (Å²) in [6.07, 6.45) is 4.96.